The van der Waals surface area contributed by atoms with Crippen molar-refractivity contribution >= 4 is 16.8 Å². The fourth-order valence-corrected chi connectivity index (χ4v) is 5.03. The van der Waals surface area contributed by atoms with Crippen molar-refractivity contribution < 1.29 is 9.53 Å². The second-order valence-corrected chi connectivity index (χ2v) is 8.62. The summed E-state index contributed by atoms with van der Waals surface area (Å²) in [5.74, 6) is 1.65. The molecular weight excluding hydrogens is 374 g/mol. The Hall–Kier alpha value is -2.79. The number of likely N-dealkylation sites (tertiary alicyclic amines) is 1. The molecule has 3 aromatic rings. The molecule has 1 fully saturated rings. The van der Waals surface area contributed by atoms with E-state index in [1.54, 1.807) is 7.11 Å². The van der Waals surface area contributed by atoms with Crippen LogP contribution in [0.5, 0.6) is 5.75 Å². The van der Waals surface area contributed by atoms with Gasteiger partial charge in [0, 0.05) is 18.5 Å². The maximum Gasteiger partial charge on any atom is 0.272 e. The summed E-state index contributed by atoms with van der Waals surface area (Å²) in [5, 5.41) is 1.15. The molecule has 0 aliphatic carbocycles. The second kappa shape index (κ2) is 7.80. The highest BCUT2D eigenvalue weighted by molar-refractivity contribution is 6.01. The van der Waals surface area contributed by atoms with Crippen molar-refractivity contribution in [2.45, 2.75) is 32.5 Å². The number of carbonyl (C=O) groups excluding carboxylic acids is 1. The van der Waals surface area contributed by atoms with E-state index in [2.05, 4.69) is 45.6 Å². The minimum absolute atomic E-state index is 0.0877. The van der Waals surface area contributed by atoms with Crippen molar-refractivity contribution in [1.82, 2.24) is 14.4 Å². The van der Waals surface area contributed by atoms with Crippen molar-refractivity contribution in [3.8, 4) is 5.75 Å². The Kier molecular flexibility index (Phi) is 4.99. The van der Waals surface area contributed by atoms with E-state index >= 15 is 0 Å². The van der Waals surface area contributed by atoms with Crippen LogP contribution in [0.15, 0.2) is 54.6 Å². The summed E-state index contributed by atoms with van der Waals surface area (Å²) in [6, 6.07) is 18.7. The molecule has 1 saturated heterocycles. The van der Waals surface area contributed by atoms with E-state index in [1.807, 2.05) is 30.3 Å². The summed E-state index contributed by atoms with van der Waals surface area (Å²) >= 11 is 0. The highest BCUT2D eigenvalue weighted by Gasteiger charge is 2.36. The van der Waals surface area contributed by atoms with Crippen LogP contribution in [0.1, 0.15) is 42.0 Å². The van der Waals surface area contributed by atoms with Gasteiger partial charge < -0.3 is 14.2 Å². The predicted molar refractivity (Wildman–Crippen MR) is 119 cm³/mol. The van der Waals surface area contributed by atoms with Gasteiger partial charge in [-0.15, -0.1) is 0 Å². The molecule has 0 N–H and O–H groups in total. The third-order valence-corrected chi connectivity index (χ3v) is 6.78. The predicted octanol–water partition coefficient (Wildman–Crippen LogP) is 4.54. The van der Waals surface area contributed by atoms with Gasteiger partial charge in [-0.05, 0) is 68.6 Å². The summed E-state index contributed by atoms with van der Waals surface area (Å²) in [4.78, 5) is 17.7. The van der Waals surface area contributed by atoms with Crippen LogP contribution in [0.4, 0.5) is 0 Å². The average molecular weight is 404 g/mol. The molecule has 5 heteroatoms. The quantitative estimate of drug-likeness (QED) is 0.628. The minimum atomic E-state index is 0.0877. The van der Waals surface area contributed by atoms with Crippen molar-refractivity contribution in [3.63, 3.8) is 0 Å². The molecule has 0 bridgehead atoms. The number of amides is 1. The molecule has 2 aliphatic rings. The number of para-hydroxylation sites is 1. The zero-order valence-electron chi connectivity index (χ0n) is 17.8. The minimum Gasteiger partial charge on any atom is -0.497 e. The first-order chi connectivity index (χ1) is 14.6. The third kappa shape index (κ3) is 3.37. The van der Waals surface area contributed by atoms with Crippen molar-refractivity contribution in [2.24, 2.45) is 5.92 Å². The first-order valence-electron chi connectivity index (χ1n) is 10.9. The van der Waals surface area contributed by atoms with E-state index in [4.69, 9.17) is 4.74 Å². The molecule has 1 unspecified atom stereocenters. The van der Waals surface area contributed by atoms with Gasteiger partial charge in [-0.3, -0.25) is 9.69 Å². The van der Waals surface area contributed by atoms with Crippen molar-refractivity contribution in [1.29, 1.82) is 0 Å². The zero-order chi connectivity index (χ0) is 20.7. The number of rotatable bonds is 5. The van der Waals surface area contributed by atoms with E-state index in [9.17, 15) is 4.79 Å². The standard InChI is InChI=1S/C25H29N3O2/c1-18-27(25(29)24-15-21-5-3-4-6-23(21)28(18)24)17-20-11-13-26(14-12-20)16-19-7-9-22(30-2)10-8-19/h3-10,15,18,20H,11-14,16-17H2,1-2H3. The topological polar surface area (TPSA) is 37.7 Å². The molecule has 30 heavy (non-hydrogen) atoms. The Morgan fingerprint density at radius 3 is 2.50 bits per heavy atom. The van der Waals surface area contributed by atoms with Gasteiger partial charge in [-0.25, -0.2) is 0 Å². The van der Waals surface area contributed by atoms with Gasteiger partial charge in [0.2, 0.25) is 0 Å². The number of fused-ring (bicyclic) bond motifs is 3. The molecule has 5 nitrogen and oxygen atoms in total. The van der Waals surface area contributed by atoms with E-state index in [1.165, 1.54) is 5.56 Å². The Morgan fingerprint density at radius 2 is 1.77 bits per heavy atom. The molecule has 1 atom stereocenters. The van der Waals surface area contributed by atoms with Crippen LogP contribution >= 0.6 is 0 Å². The molecule has 0 saturated carbocycles. The van der Waals surface area contributed by atoms with Crippen LogP contribution in [0.3, 0.4) is 0 Å². The van der Waals surface area contributed by atoms with Gasteiger partial charge in [0.05, 0.1) is 12.6 Å². The molecule has 1 aromatic heterocycles. The van der Waals surface area contributed by atoms with E-state index < -0.39 is 0 Å². The fraction of sp³-hybridized carbons (Fsp3) is 0.400. The molecule has 5 rings (SSSR count). The SMILES string of the molecule is COc1ccc(CN2CCC(CN3C(=O)c4cc5ccccc5n4C3C)CC2)cc1. The monoisotopic (exact) mass is 403 g/mol. The molecule has 0 spiro atoms. The van der Waals surface area contributed by atoms with Crippen LogP contribution in [0.2, 0.25) is 0 Å². The maximum absolute atomic E-state index is 13.1. The normalized spacial score (nSPS) is 20.1. The lowest BCUT2D eigenvalue weighted by Crippen LogP contribution is -2.39. The van der Waals surface area contributed by atoms with E-state index in [0.717, 1.165) is 61.4 Å². The second-order valence-electron chi connectivity index (χ2n) is 8.62. The molecule has 3 heterocycles. The van der Waals surface area contributed by atoms with Gasteiger partial charge in [-0.2, -0.15) is 0 Å². The van der Waals surface area contributed by atoms with Crippen LogP contribution in [-0.4, -0.2) is 47.0 Å². The number of nitrogens with zero attached hydrogens (tertiary/aromatic N) is 3. The summed E-state index contributed by atoms with van der Waals surface area (Å²) in [6.07, 6.45) is 2.37. The van der Waals surface area contributed by atoms with E-state index in [-0.39, 0.29) is 12.1 Å². The Labute approximate surface area is 177 Å². The highest BCUT2D eigenvalue weighted by atomic mass is 16.5. The Morgan fingerprint density at radius 1 is 1.03 bits per heavy atom. The molecular formula is C25H29N3O2. The summed E-state index contributed by atoms with van der Waals surface area (Å²) in [5.41, 5.74) is 3.31. The Bertz CT molecular complexity index is 1050. The van der Waals surface area contributed by atoms with Crippen LogP contribution in [0.25, 0.3) is 10.9 Å². The van der Waals surface area contributed by atoms with Gasteiger partial charge in [0.25, 0.3) is 5.91 Å². The first-order valence-corrected chi connectivity index (χ1v) is 10.9. The molecule has 2 aromatic carbocycles. The average Bonchev–Trinajstić information content (AvgIpc) is 3.27. The smallest absolute Gasteiger partial charge is 0.272 e. The van der Waals surface area contributed by atoms with Gasteiger partial charge in [-0.1, -0.05) is 30.3 Å². The summed E-state index contributed by atoms with van der Waals surface area (Å²) in [7, 11) is 1.70. The van der Waals surface area contributed by atoms with Crippen molar-refractivity contribution in [2.75, 3.05) is 26.7 Å². The first kappa shape index (κ1) is 19.2. The van der Waals surface area contributed by atoms with E-state index in [0.29, 0.717) is 5.92 Å². The van der Waals surface area contributed by atoms with Crippen molar-refractivity contribution in [3.05, 3.63) is 65.9 Å². The summed E-state index contributed by atoms with van der Waals surface area (Å²) in [6.45, 7) is 6.16. The van der Waals surface area contributed by atoms with Gasteiger partial charge in [0.1, 0.15) is 17.6 Å². The largest absolute Gasteiger partial charge is 0.497 e. The number of carbonyl (C=O) groups is 1. The van der Waals surface area contributed by atoms with Gasteiger partial charge in [0.15, 0.2) is 0 Å². The molecule has 2 aliphatic heterocycles. The number of aromatic nitrogens is 1. The lowest BCUT2D eigenvalue weighted by Gasteiger charge is -2.35. The Balaban J connectivity index is 1.20. The number of hydrogen-bond acceptors (Lipinski definition) is 3. The highest BCUT2D eigenvalue weighted by Crippen LogP contribution is 2.35. The number of hydrogen-bond donors (Lipinski definition) is 0. The molecule has 0 radical (unpaired) electrons. The van der Waals surface area contributed by atoms with Crippen LogP contribution < -0.4 is 4.74 Å². The lowest BCUT2D eigenvalue weighted by molar-refractivity contribution is 0.0626. The zero-order valence-corrected chi connectivity index (χ0v) is 17.8. The fourth-order valence-electron chi connectivity index (χ4n) is 5.03. The number of benzene rings is 2. The number of methoxy groups -OCH3 is 1. The van der Waals surface area contributed by atoms with Gasteiger partial charge >= 0.3 is 0 Å². The molecule has 1 amide bonds. The maximum atomic E-state index is 13.1. The number of ether oxygens (including phenoxy) is 1. The third-order valence-electron chi connectivity index (χ3n) is 6.78. The van der Waals surface area contributed by atoms with Crippen LogP contribution in [0, 0.1) is 5.92 Å². The molecule has 156 valence electrons. The lowest BCUT2D eigenvalue weighted by atomic mass is 9.95. The number of piperidine rings is 1. The summed E-state index contributed by atoms with van der Waals surface area (Å²) < 4.78 is 7.45. The van der Waals surface area contributed by atoms with Crippen LogP contribution in [-0.2, 0) is 6.54 Å².